The lowest BCUT2D eigenvalue weighted by atomic mass is 9.74. The van der Waals surface area contributed by atoms with E-state index in [0.717, 1.165) is 38.1 Å². The Morgan fingerprint density at radius 1 is 1.30 bits per heavy atom. The van der Waals surface area contributed by atoms with Crippen LogP contribution in [0.25, 0.3) is 0 Å². The molecule has 0 amide bonds. The third-order valence-electron chi connectivity index (χ3n) is 4.85. The van der Waals surface area contributed by atoms with Crippen molar-refractivity contribution in [3.05, 3.63) is 0 Å². The van der Waals surface area contributed by atoms with Crippen LogP contribution in [-0.4, -0.2) is 39.5 Å². The van der Waals surface area contributed by atoms with Crippen LogP contribution in [-0.2, 0) is 9.47 Å². The molecule has 2 unspecified atom stereocenters. The lowest BCUT2D eigenvalue weighted by Crippen LogP contribution is -2.42. The minimum absolute atomic E-state index is 0.393. The second-order valence-electron chi connectivity index (χ2n) is 7.22. The molecule has 0 radical (unpaired) electrons. The van der Waals surface area contributed by atoms with Gasteiger partial charge in [-0.2, -0.15) is 0 Å². The van der Waals surface area contributed by atoms with Crippen molar-refractivity contribution < 1.29 is 9.47 Å². The van der Waals surface area contributed by atoms with Gasteiger partial charge in [0.05, 0.1) is 6.10 Å². The number of methoxy groups -OCH3 is 1. The highest BCUT2D eigenvalue weighted by atomic mass is 16.5. The van der Waals surface area contributed by atoms with Crippen molar-refractivity contribution in [2.75, 3.05) is 33.4 Å². The molecule has 1 saturated carbocycles. The Hall–Kier alpha value is -0.120. The van der Waals surface area contributed by atoms with Crippen LogP contribution in [0.5, 0.6) is 0 Å². The van der Waals surface area contributed by atoms with Crippen LogP contribution >= 0.6 is 0 Å². The zero-order chi connectivity index (χ0) is 14.4. The first-order valence-electron chi connectivity index (χ1n) is 8.49. The van der Waals surface area contributed by atoms with E-state index in [9.17, 15) is 0 Å². The quantitative estimate of drug-likeness (QED) is 0.624. The van der Waals surface area contributed by atoms with Crippen molar-refractivity contribution in [3.63, 3.8) is 0 Å². The fraction of sp³-hybridized carbons (Fsp3) is 1.00. The maximum Gasteiger partial charge on any atom is 0.0672 e. The van der Waals surface area contributed by atoms with Gasteiger partial charge < -0.3 is 14.8 Å². The number of nitrogens with one attached hydrogen (secondary N) is 1. The van der Waals surface area contributed by atoms with Crippen molar-refractivity contribution in [3.8, 4) is 0 Å². The normalized spacial score (nSPS) is 30.3. The first kappa shape index (κ1) is 16.3. The molecule has 3 nitrogen and oxygen atoms in total. The molecule has 2 aliphatic rings. The van der Waals surface area contributed by atoms with Gasteiger partial charge in [-0.05, 0) is 50.5 Å². The summed E-state index contributed by atoms with van der Waals surface area (Å²) in [5.41, 5.74) is 0.393. The summed E-state index contributed by atoms with van der Waals surface area (Å²) in [4.78, 5) is 0. The zero-order valence-electron chi connectivity index (χ0n) is 13.6. The van der Waals surface area contributed by atoms with Gasteiger partial charge in [-0.25, -0.2) is 0 Å². The molecule has 3 heteroatoms. The van der Waals surface area contributed by atoms with Gasteiger partial charge in [0.25, 0.3) is 0 Å². The molecule has 1 N–H and O–H groups in total. The molecule has 2 rings (SSSR count). The molecule has 0 aromatic rings. The minimum atomic E-state index is 0.393. The molecule has 20 heavy (non-hydrogen) atoms. The highest BCUT2D eigenvalue weighted by Gasteiger charge is 2.50. The largest absolute Gasteiger partial charge is 0.385 e. The second kappa shape index (κ2) is 7.77. The number of unbranched alkanes of at least 4 members (excludes halogenated alkanes) is 1. The summed E-state index contributed by atoms with van der Waals surface area (Å²) in [7, 11) is 1.80. The standard InChI is InChI=1S/C17H33NO2/c1-14(2)12-18-13-17(8-4-5-10-19-3)9-11-20-16(17)15-6-7-15/h14-16,18H,4-13H2,1-3H3. The van der Waals surface area contributed by atoms with Gasteiger partial charge in [0.15, 0.2) is 0 Å². The molecule has 0 aromatic heterocycles. The van der Waals surface area contributed by atoms with Gasteiger partial charge in [-0.15, -0.1) is 0 Å². The number of hydrogen-bond acceptors (Lipinski definition) is 3. The third kappa shape index (κ3) is 4.44. The van der Waals surface area contributed by atoms with Gasteiger partial charge in [0.1, 0.15) is 0 Å². The molecule has 1 heterocycles. The molecule has 2 fully saturated rings. The number of hydrogen-bond donors (Lipinski definition) is 1. The fourth-order valence-electron chi connectivity index (χ4n) is 3.62. The Morgan fingerprint density at radius 3 is 2.75 bits per heavy atom. The van der Waals surface area contributed by atoms with Crippen molar-refractivity contribution in [2.45, 2.75) is 58.5 Å². The molecule has 2 atom stereocenters. The van der Waals surface area contributed by atoms with Crippen LogP contribution in [0.1, 0.15) is 52.4 Å². The van der Waals surface area contributed by atoms with Gasteiger partial charge in [0.2, 0.25) is 0 Å². The maximum atomic E-state index is 6.14. The Bertz CT molecular complexity index is 278. The van der Waals surface area contributed by atoms with Crippen LogP contribution in [0, 0.1) is 17.3 Å². The molecule has 0 spiro atoms. The van der Waals surface area contributed by atoms with E-state index in [0.29, 0.717) is 11.5 Å². The van der Waals surface area contributed by atoms with E-state index < -0.39 is 0 Å². The molecular formula is C17H33NO2. The van der Waals surface area contributed by atoms with Crippen LogP contribution in [0.2, 0.25) is 0 Å². The van der Waals surface area contributed by atoms with E-state index in [-0.39, 0.29) is 0 Å². The van der Waals surface area contributed by atoms with Crippen LogP contribution in [0.4, 0.5) is 0 Å². The van der Waals surface area contributed by atoms with Crippen molar-refractivity contribution in [1.82, 2.24) is 5.32 Å². The second-order valence-corrected chi connectivity index (χ2v) is 7.22. The fourth-order valence-corrected chi connectivity index (χ4v) is 3.62. The van der Waals surface area contributed by atoms with Crippen LogP contribution < -0.4 is 5.32 Å². The maximum absolute atomic E-state index is 6.14. The summed E-state index contributed by atoms with van der Waals surface area (Å²) in [6, 6.07) is 0. The van der Waals surface area contributed by atoms with E-state index in [1.54, 1.807) is 7.11 Å². The number of rotatable bonds is 10. The summed E-state index contributed by atoms with van der Waals surface area (Å²) in [5, 5.41) is 3.71. The first-order chi connectivity index (χ1) is 9.68. The smallest absolute Gasteiger partial charge is 0.0672 e. The van der Waals surface area contributed by atoms with Crippen LogP contribution in [0.3, 0.4) is 0 Å². The van der Waals surface area contributed by atoms with E-state index in [1.807, 2.05) is 0 Å². The predicted octanol–water partition coefficient (Wildman–Crippen LogP) is 3.23. The van der Waals surface area contributed by atoms with Gasteiger partial charge >= 0.3 is 0 Å². The van der Waals surface area contributed by atoms with Crippen molar-refractivity contribution in [1.29, 1.82) is 0 Å². The molecule has 1 saturated heterocycles. The average molecular weight is 283 g/mol. The van der Waals surface area contributed by atoms with Gasteiger partial charge in [-0.3, -0.25) is 0 Å². The lowest BCUT2D eigenvalue weighted by molar-refractivity contribution is 0.0242. The van der Waals surface area contributed by atoms with E-state index >= 15 is 0 Å². The van der Waals surface area contributed by atoms with Gasteiger partial charge in [0, 0.05) is 32.3 Å². The zero-order valence-corrected chi connectivity index (χ0v) is 13.6. The Balaban J connectivity index is 1.87. The highest BCUT2D eigenvalue weighted by Crippen LogP contribution is 2.50. The minimum Gasteiger partial charge on any atom is -0.385 e. The Morgan fingerprint density at radius 2 is 2.10 bits per heavy atom. The summed E-state index contributed by atoms with van der Waals surface area (Å²) in [5.74, 6) is 1.57. The lowest BCUT2D eigenvalue weighted by Gasteiger charge is -2.35. The van der Waals surface area contributed by atoms with Gasteiger partial charge in [-0.1, -0.05) is 20.3 Å². The Labute approximate surface area is 124 Å². The summed E-state index contributed by atoms with van der Waals surface area (Å²) in [6.45, 7) is 8.68. The van der Waals surface area contributed by atoms with E-state index in [4.69, 9.17) is 9.47 Å². The molecular weight excluding hydrogens is 250 g/mol. The van der Waals surface area contributed by atoms with Crippen molar-refractivity contribution >= 4 is 0 Å². The average Bonchev–Trinajstić information content (AvgIpc) is 3.17. The third-order valence-corrected chi connectivity index (χ3v) is 4.85. The molecule has 1 aliphatic heterocycles. The van der Waals surface area contributed by atoms with E-state index in [1.165, 1.54) is 38.5 Å². The summed E-state index contributed by atoms with van der Waals surface area (Å²) in [6.07, 6.45) is 8.27. The van der Waals surface area contributed by atoms with E-state index in [2.05, 4.69) is 19.2 Å². The van der Waals surface area contributed by atoms with Crippen LogP contribution in [0.15, 0.2) is 0 Å². The number of ether oxygens (including phenoxy) is 2. The SMILES string of the molecule is COCCCCC1(CNCC(C)C)CCOC1C1CC1. The molecule has 0 bridgehead atoms. The molecule has 0 aromatic carbocycles. The topological polar surface area (TPSA) is 30.5 Å². The monoisotopic (exact) mass is 283 g/mol. The van der Waals surface area contributed by atoms with Crippen molar-refractivity contribution in [2.24, 2.45) is 17.3 Å². The summed E-state index contributed by atoms with van der Waals surface area (Å²) < 4.78 is 11.3. The predicted molar refractivity (Wildman–Crippen MR) is 82.9 cm³/mol. The Kier molecular flexibility index (Phi) is 6.31. The summed E-state index contributed by atoms with van der Waals surface area (Å²) >= 11 is 0. The molecule has 118 valence electrons. The highest BCUT2D eigenvalue weighted by molar-refractivity contribution is 5.00. The molecule has 1 aliphatic carbocycles. The first-order valence-corrected chi connectivity index (χ1v) is 8.49.